The first kappa shape index (κ1) is 9.44. The highest BCUT2D eigenvalue weighted by molar-refractivity contribution is 6.31. The number of aromatic nitrogens is 1. The van der Waals surface area contributed by atoms with E-state index in [4.69, 9.17) is 17.3 Å². The van der Waals surface area contributed by atoms with E-state index in [2.05, 4.69) is 4.98 Å². The average molecular weight is 207 g/mol. The van der Waals surface area contributed by atoms with E-state index in [1.807, 2.05) is 31.3 Å². The Kier molecular flexibility index (Phi) is 2.40. The number of nitrogens with two attached hydrogens (primary N) is 1. The maximum absolute atomic E-state index is 5.93. The van der Waals surface area contributed by atoms with E-state index in [1.54, 1.807) is 0 Å². The highest BCUT2D eigenvalue weighted by Gasteiger charge is 2.03. The summed E-state index contributed by atoms with van der Waals surface area (Å²) in [5.74, 6) is 0. The molecule has 0 aliphatic carbocycles. The minimum Gasteiger partial charge on any atom is -0.326 e. The molecule has 2 aromatic rings. The molecule has 14 heavy (non-hydrogen) atoms. The van der Waals surface area contributed by atoms with Crippen LogP contribution in [0.1, 0.15) is 11.1 Å². The molecule has 0 radical (unpaired) electrons. The van der Waals surface area contributed by atoms with Gasteiger partial charge in [0, 0.05) is 23.2 Å². The number of halogens is 1. The fourth-order valence-corrected chi connectivity index (χ4v) is 1.72. The summed E-state index contributed by atoms with van der Waals surface area (Å²) in [4.78, 5) is 4.32. The maximum atomic E-state index is 5.93. The molecule has 0 aliphatic heterocycles. The van der Waals surface area contributed by atoms with E-state index in [-0.39, 0.29) is 0 Å². The van der Waals surface area contributed by atoms with Crippen LogP contribution in [-0.2, 0) is 6.54 Å². The molecular formula is C11H11ClN2. The van der Waals surface area contributed by atoms with E-state index in [9.17, 15) is 0 Å². The number of rotatable bonds is 1. The van der Waals surface area contributed by atoms with Gasteiger partial charge in [0.2, 0.25) is 0 Å². The zero-order chi connectivity index (χ0) is 10.1. The summed E-state index contributed by atoms with van der Waals surface area (Å²) < 4.78 is 0. The van der Waals surface area contributed by atoms with E-state index >= 15 is 0 Å². The first-order valence-corrected chi connectivity index (χ1v) is 4.84. The van der Waals surface area contributed by atoms with Crippen molar-refractivity contribution >= 4 is 22.5 Å². The molecule has 0 amide bonds. The molecule has 0 bridgehead atoms. The van der Waals surface area contributed by atoms with Gasteiger partial charge >= 0.3 is 0 Å². The molecule has 0 unspecified atom stereocenters. The van der Waals surface area contributed by atoms with E-state index in [1.165, 1.54) is 5.56 Å². The lowest BCUT2D eigenvalue weighted by Gasteiger charge is -2.06. The molecule has 2 rings (SSSR count). The molecule has 72 valence electrons. The van der Waals surface area contributed by atoms with Crippen molar-refractivity contribution in [3.05, 3.63) is 40.5 Å². The van der Waals surface area contributed by atoms with Crippen LogP contribution in [0.2, 0.25) is 5.02 Å². The smallest absolute Gasteiger partial charge is 0.0705 e. The lowest BCUT2D eigenvalue weighted by Crippen LogP contribution is -2.00. The fraction of sp³-hybridized carbons (Fsp3) is 0.182. The van der Waals surface area contributed by atoms with Crippen molar-refractivity contribution < 1.29 is 0 Å². The minimum atomic E-state index is 0.515. The van der Waals surface area contributed by atoms with Crippen LogP contribution < -0.4 is 5.73 Å². The second-order valence-corrected chi connectivity index (χ2v) is 3.71. The van der Waals surface area contributed by atoms with Crippen LogP contribution in [0.5, 0.6) is 0 Å². The fourth-order valence-electron chi connectivity index (χ4n) is 1.54. The predicted molar refractivity (Wildman–Crippen MR) is 59.4 cm³/mol. The molecule has 1 aromatic heterocycles. The first-order chi connectivity index (χ1) is 6.72. The van der Waals surface area contributed by atoms with Gasteiger partial charge in [-0.1, -0.05) is 11.6 Å². The van der Waals surface area contributed by atoms with Crippen LogP contribution in [0.3, 0.4) is 0 Å². The standard InChI is InChI=1S/C11H11ClN2/c1-7-8(5-13)6-14-11-3-2-9(12)4-10(7)11/h2-4,6H,5,13H2,1H3. The quantitative estimate of drug-likeness (QED) is 0.779. The van der Waals surface area contributed by atoms with Gasteiger partial charge in [-0.15, -0.1) is 0 Å². The molecule has 0 atom stereocenters. The van der Waals surface area contributed by atoms with Gasteiger partial charge in [0.15, 0.2) is 0 Å². The summed E-state index contributed by atoms with van der Waals surface area (Å²) in [5.41, 5.74) is 8.80. The number of hydrogen-bond acceptors (Lipinski definition) is 2. The normalized spacial score (nSPS) is 10.8. The number of pyridine rings is 1. The molecule has 2 N–H and O–H groups in total. The van der Waals surface area contributed by atoms with Crippen LogP contribution >= 0.6 is 11.6 Å². The Morgan fingerprint density at radius 2 is 2.21 bits per heavy atom. The van der Waals surface area contributed by atoms with Gasteiger partial charge in [0.05, 0.1) is 5.52 Å². The molecule has 0 saturated heterocycles. The topological polar surface area (TPSA) is 38.9 Å². The van der Waals surface area contributed by atoms with Crippen molar-refractivity contribution in [3.63, 3.8) is 0 Å². The predicted octanol–water partition coefficient (Wildman–Crippen LogP) is 2.66. The summed E-state index contributed by atoms with van der Waals surface area (Å²) in [7, 11) is 0. The van der Waals surface area contributed by atoms with Crippen LogP contribution in [0.25, 0.3) is 10.9 Å². The summed E-state index contributed by atoms with van der Waals surface area (Å²) >= 11 is 5.93. The van der Waals surface area contributed by atoms with Gasteiger partial charge < -0.3 is 5.73 Å². The van der Waals surface area contributed by atoms with Crippen molar-refractivity contribution in [1.29, 1.82) is 0 Å². The average Bonchev–Trinajstić information content (AvgIpc) is 2.20. The van der Waals surface area contributed by atoms with Crippen LogP contribution in [0.4, 0.5) is 0 Å². The number of aryl methyl sites for hydroxylation is 1. The van der Waals surface area contributed by atoms with Crippen molar-refractivity contribution in [1.82, 2.24) is 4.98 Å². The van der Waals surface area contributed by atoms with Gasteiger partial charge in [-0.25, -0.2) is 0 Å². The number of fused-ring (bicyclic) bond motifs is 1. The molecule has 0 fully saturated rings. The van der Waals surface area contributed by atoms with Crippen LogP contribution in [-0.4, -0.2) is 4.98 Å². The van der Waals surface area contributed by atoms with E-state index in [0.717, 1.165) is 21.5 Å². The zero-order valence-electron chi connectivity index (χ0n) is 7.92. The van der Waals surface area contributed by atoms with Gasteiger partial charge in [0.25, 0.3) is 0 Å². The third-order valence-electron chi connectivity index (χ3n) is 2.42. The highest BCUT2D eigenvalue weighted by atomic mass is 35.5. The molecule has 2 nitrogen and oxygen atoms in total. The highest BCUT2D eigenvalue weighted by Crippen LogP contribution is 2.22. The Morgan fingerprint density at radius 1 is 1.43 bits per heavy atom. The molecule has 3 heteroatoms. The van der Waals surface area contributed by atoms with E-state index in [0.29, 0.717) is 6.54 Å². The van der Waals surface area contributed by atoms with Crippen LogP contribution in [0.15, 0.2) is 24.4 Å². The largest absolute Gasteiger partial charge is 0.326 e. The number of benzene rings is 1. The summed E-state index contributed by atoms with van der Waals surface area (Å²) in [6.07, 6.45) is 1.82. The minimum absolute atomic E-state index is 0.515. The summed E-state index contributed by atoms with van der Waals surface area (Å²) in [5, 5.41) is 1.82. The summed E-state index contributed by atoms with van der Waals surface area (Å²) in [6, 6.07) is 5.70. The van der Waals surface area contributed by atoms with Crippen molar-refractivity contribution in [3.8, 4) is 0 Å². The van der Waals surface area contributed by atoms with Crippen molar-refractivity contribution in [2.24, 2.45) is 5.73 Å². The lowest BCUT2D eigenvalue weighted by molar-refractivity contribution is 1.04. The SMILES string of the molecule is Cc1c(CN)cnc2ccc(Cl)cc12. The third-order valence-corrected chi connectivity index (χ3v) is 2.66. The van der Waals surface area contributed by atoms with Gasteiger partial charge in [-0.3, -0.25) is 4.98 Å². The number of hydrogen-bond donors (Lipinski definition) is 1. The molecule has 1 heterocycles. The van der Waals surface area contributed by atoms with Gasteiger partial charge in [0.1, 0.15) is 0 Å². The van der Waals surface area contributed by atoms with Crippen molar-refractivity contribution in [2.45, 2.75) is 13.5 Å². The Morgan fingerprint density at radius 3 is 2.93 bits per heavy atom. The maximum Gasteiger partial charge on any atom is 0.0705 e. The number of nitrogens with zero attached hydrogens (tertiary/aromatic N) is 1. The molecular weight excluding hydrogens is 196 g/mol. The van der Waals surface area contributed by atoms with Gasteiger partial charge in [-0.2, -0.15) is 0 Å². The Balaban J connectivity index is 2.79. The Labute approximate surface area is 87.7 Å². The molecule has 1 aromatic carbocycles. The molecule has 0 spiro atoms. The van der Waals surface area contributed by atoms with Crippen molar-refractivity contribution in [2.75, 3.05) is 0 Å². The molecule has 0 aliphatic rings. The lowest BCUT2D eigenvalue weighted by atomic mass is 10.1. The Bertz CT molecular complexity index is 480. The second-order valence-electron chi connectivity index (χ2n) is 3.27. The van der Waals surface area contributed by atoms with E-state index < -0.39 is 0 Å². The zero-order valence-corrected chi connectivity index (χ0v) is 8.67. The van der Waals surface area contributed by atoms with Crippen LogP contribution in [0, 0.1) is 6.92 Å². The first-order valence-electron chi connectivity index (χ1n) is 4.46. The third kappa shape index (κ3) is 1.47. The van der Waals surface area contributed by atoms with Gasteiger partial charge in [-0.05, 0) is 36.2 Å². The molecule has 0 saturated carbocycles. The monoisotopic (exact) mass is 206 g/mol. The summed E-state index contributed by atoms with van der Waals surface area (Å²) in [6.45, 7) is 2.56. The Hall–Kier alpha value is -1.12. The second kappa shape index (κ2) is 3.56.